The van der Waals surface area contributed by atoms with Gasteiger partial charge in [-0.05, 0) is 67.6 Å². The SMILES string of the molecule is Cc1c(N)cccc1S(=O)(=O)NC1C2C3CCC(C3)C12. The average Bonchev–Trinajstić information content (AvgIpc) is 2.81. The Kier molecular flexibility index (Phi) is 2.52. The smallest absolute Gasteiger partial charge is 0.241 e. The number of benzene rings is 1. The summed E-state index contributed by atoms with van der Waals surface area (Å²) in [6.07, 6.45) is 3.91. The zero-order valence-corrected chi connectivity index (χ0v) is 12.4. The summed E-state index contributed by atoms with van der Waals surface area (Å²) in [5.74, 6) is 2.73. The second kappa shape index (κ2) is 3.98. The summed E-state index contributed by atoms with van der Waals surface area (Å²) < 4.78 is 28.0. The fourth-order valence-corrected chi connectivity index (χ4v) is 6.23. The molecule has 3 N–H and O–H groups in total. The maximum atomic E-state index is 12.6. The third kappa shape index (κ3) is 1.66. The molecule has 108 valence electrons. The number of fused-ring (bicyclic) bond motifs is 5. The second-order valence-electron chi connectivity index (χ2n) is 6.61. The minimum atomic E-state index is -3.44. The van der Waals surface area contributed by atoms with E-state index in [0.717, 1.165) is 11.8 Å². The molecule has 1 aromatic rings. The van der Waals surface area contributed by atoms with Gasteiger partial charge in [0.1, 0.15) is 0 Å². The maximum absolute atomic E-state index is 12.6. The quantitative estimate of drug-likeness (QED) is 0.836. The van der Waals surface area contributed by atoms with Gasteiger partial charge in [-0.2, -0.15) is 0 Å². The zero-order chi connectivity index (χ0) is 14.1. The topological polar surface area (TPSA) is 72.2 Å². The van der Waals surface area contributed by atoms with Gasteiger partial charge in [-0.15, -0.1) is 0 Å². The lowest BCUT2D eigenvalue weighted by molar-refractivity contribution is 0.456. The van der Waals surface area contributed by atoms with Crippen molar-refractivity contribution < 1.29 is 8.42 Å². The molecule has 0 aliphatic heterocycles. The van der Waals surface area contributed by atoms with Gasteiger partial charge in [-0.1, -0.05) is 6.07 Å². The van der Waals surface area contributed by atoms with Crippen LogP contribution in [0.3, 0.4) is 0 Å². The van der Waals surface area contributed by atoms with Gasteiger partial charge in [0.2, 0.25) is 10.0 Å². The van der Waals surface area contributed by atoms with E-state index < -0.39 is 10.0 Å². The third-order valence-corrected chi connectivity index (χ3v) is 7.25. The molecule has 0 radical (unpaired) electrons. The first-order chi connectivity index (χ1) is 9.49. The van der Waals surface area contributed by atoms with E-state index in [1.54, 1.807) is 25.1 Å². The Hall–Kier alpha value is -1.07. The molecule has 4 unspecified atom stereocenters. The predicted octanol–water partition coefficient (Wildman–Crippen LogP) is 1.90. The highest BCUT2D eigenvalue weighted by Gasteiger charge is 2.65. The minimum absolute atomic E-state index is 0.173. The number of sulfonamides is 1. The first kappa shape index (κ1) is 12.7. The molecular weight excluding hydrogens is 272 g/mol. The molecule has 3 saturated carbocycles. The number of rotatable bonds is 3. The molecule has 4 rings (SSSR count). The summed E-state index contributed by atoms with van der Waals surface area (Å²) in [6.45, 7) is 1.77. The van der Waals surface area contributed by atoms with Crippen LogP contribution in [0.2, 0.25) is 0 Å². The molecule has 3 aliphatic rings. The van der Waals surface area contributed by atoms with Gasteiger partial charge in [0.25, 0.3) is 0 Å². The fourth-order valence-electron chi connectivity index (χ4n) is 4.65. The van der Waals surface area contributed by atoms with Crippen LogP contribution in [0.1, 0.15) is 24.8 Å². The Morgan fingerprint density at radius 2 is 1.85 bits per heavy atom. The molecule has 4 nitrogen and oxygen atoms in total. The van der Waals surface area contributed by atoms with Crippen LogP contribution in [0.5, 0.6) is 0 Å². The Morgan fingerprint density at radius 1 is 1.20 bits per heavy atom. The van der Waals surface area contributed by atoms with E-state index in [-0.39, 0.29) is 6.04 Å². The van der Waals surface area contributed by atoms with Crippen molar-refractivity contribution in [3.63, 3.8) is 0 Å². The van der Waals surface area contributed by atoms with E-state index in [0.29, 0.717) is 28.0 Å². The van der Waals surface area contributed by atoms with Crippen molar-refractivity contribution >= 4 is 15.7 Å². The van der Waals surface area contributed by atoms with Crippen LogP contribution in [0, 0.1) is 30.6 Å². The van der Waals surface area contributed by atoms with Crippen LogP contribution >= 0.6 is 0 Å². The van der Waals surface area contributed by atoms with Crippen LogP contribution in [0.4, 0.5) is 5.69 Å². The van der Waals surface area contributed by atoms with Crippen LogP contribution in [0.15, 0.2) is 23.1 Å². The molecule has 4 atom stereocenters. The molecule has 1 aromatic carbocycles. The van der Waals surface area contributed by atoms with Crippen LogP contribution in [-0.4, -0.2) is 14.5 Å². The van der Waals surface area contributed by atoms with Crippen LogP contribution in [0.25, 0.3) is 0 Å². The molecule has 3 aliphatic carbocycles. The Labute approximate surface area is 119 Å². The van der Waals surface area contributed by atoms with Gasteiger partial charge in [0.05, 0.1) is 4.90 Å². The van der Waals surface area contributed by atoms with Gasteiger partial charge in [0, 0.05) is 11.7 Å². The molecule has 3 fully saturated rings. The summed E-state index contributed by atoms with van der Waals surface area (Å²) in [4.78, 5) is 0.329. The highest BCUT2D eigenvalue weighted by molar-refractivity contribution is 7.89. The fraction of sp³-hybridized carbons (Fsp3) is 0.600. The summed E-state index contributed by atoms with van der Waals surface area (Å²) in [6, 6.07) is 5.25. The number of nitrogen functional groups attached to an aromatic ring is 1. The standard InChI is InChI=1S/C15H20N2O2S/c1-8-11(16)3-2-4-12(8)20(18,19)17-15-13-9-5-6-10(7-9)14(13)15/h2-4,9-10,13-15,17H,5-7,16H2,1H3. The van der Waals surface area contributed by atoms with Crippen molar-refractivity contribution in [1.82, 2.24) is 4.72 Å². The van der Waals surface area contributed by atoms with Gasteiger partial charge >= 0.3 is 0 Å². The minimum Gasteiger partial charge on any atom is -0.398 e. The highest BCUT2D eigenvalue weighted by Crippen LogP contribution is 2.65. The molecule has 5 heteroatoms. The first-order valence-corrected chi connectivity index (χ1v) is 8.85. The summed E-state index contributed by atoms with van der Waals surface area (Å²) in [5.41, 5.74) is 7.00. The normalized spacial score (nSPS) is 38.0. The number of nitrogens with one attached hydrogen (secondary N) is 1. The van der Waals surface area contributed by atoms with Gasteiger partial charge in [0.15, 0.2) is 0 Å². The lowest BCUT2D eigenvalue weighted by Crippen LogP contribution is -2.30. The summed E-state index contributed by atoms with van der Waals surface area (Å²) in [5, 5.41) is 0. The highest BCUT2D eigenvalue weighted by atomic mass is 32.2. The van der Waals surface area contributed by atoms with Crippen molar-refractivity contribution in [3.05, 3.63) is 23.8 Å². The van der Waals surface area contributed by atoms with Gasteiger partial charge in [-0.25, -0.2) is 13.1 Å². The van der Waals surface area contributed by atoms with E-state index in [9.17, 15) is 8.42 Å². The Morgan fingerprint density at radius 3 is 2.50 bits per heavy atom. The molecule has 2 bridgehead atoms. The molecule has 0 saturated heterocycles. The van der Waals surface area contributed by atoms with Crippen molar-refractivity contribution in [2.75, 3.05) is 5.73 Å². The average molecular weight is 292 g/mol. The van der Waals surface area contributed by atoms with Crippen LogP contribution < -0.4 is 10.5 Å². The zero-order valence-electron chi connectivity index (χ0n) is 11.5. The van der Waals surface area contributed by atoms with Gasteiger partial charge in [-0.3, -0.25) is 0 Å². The Balaban J connectivity index is 1.58. The van der Waals surface area contributed by atoms with E-state index in [4.69, 9.17) is 5.73 Å². The molecule has 0 heterocycles. The van der Waals surface area contributed by atoms with Crippen LogP contribution in [-0.2, 0) is 10.0 Å². The van der Waals surface area contributed by atoms with Crippen molar-refractivity contribution in [1.29, 1.82) is 0 Å². The lowest BCUT2D eigenvalue weighted by atomic mass is 10.0. The number of nitrogens with two attached hydrogens (primary N) is 1. The molecule has 0 aromatic heterocycles. The Bertz CT molecular complexity index is 654. The van der Waals surface area contributed by atoms with Crippen molar-refractivity contribution in [3.8, 4) is 0 Å². The molecule has 20 heavy (non-hydrogen) atoms. The largest absolute Gasteiger partial charge is 0.398 e. The predicted molar refractivity (Wildman–Crippen MR) is 77.5 cm³/mol. The van der Waals surface area contributed by atoms with E-state index in [1.165, 1.54) is 19.3 Å². The number of hydrogen-bond donors (Lipinski definition) is 2. The van der Waals surface area contributed by atoms with E-state index in [1.807, 2.05) is 0 Å². The third-order valence-electron chi connectivity index (χ3n) is 5.64. The van der Waals surface area contributed by atoms with Crippen molar-refractivity contribution in [2.45, 2.75) is 37.1 Å². The molecular formula is C15H20N2O2S. The number of hydrogen-bond acceptors (Lipinski definition) is 3. The summed E-state index contributed by atoms with van der Waals surface area (Å²) >= 11 is 0. The molecule has 0 amide bonds. The molecule has 0 spiro atoms. The maximum Gasteiger partial charge on any atom is 0.241 e. The number of anilines is 1. The summed E-state index contributed by atoms with van der Waals surface area (Å²) in [7, 11) is -3.44. The monoisotopic (exact) mass is 292 g/mol. The lowest BCUT2D eigenvalue weighted by Gasteiger charge is -2.13. The van der Waals surface area contributed by atoms with E-state index >= 15 is 0 Å². The van der Waals surface area contributed by atoms with Gasteiger partial charge < -0.3 is 5.73 Å². The van der Waals surface area contributed by atoms with E-state index in [2.05, 4.69) is 4.72 Å². The second-order valence-corrected chi connectivity index (χ2v) is 8.29. The van der Waals surface area contributed by atoms with Crippen molar-refractivity contribution in [2.24, 2.45) is 23.7 Å². The first-order valence-electron chi connectivity index (χ1n) is 7.36.